The number of benzene rings is 1. The number of H-pyrrole nitrogens is 1. The van der Waals surface area contributed by atoms with Crippen molar-refractivity contribution in [1.29, 1.82) is 0 Å². The zero-order chi connectivity index (χ0) is 16.8. The second-order valence-corrected chi connectivity index (χ2v) is 6.52. The van der Waals surface area contributed by atoms with Crippen molar-refractivity contribution < 1.29 is 8.78 Å². The standard InChI is InChI=1S/C17H17F2N3O/c1-17(2,3)11-6-4-10(5-7-11)13-9-22-14(16(23)20-13)8-12(21-22)15(18)19/h4-9,15H,1-3H3,(H,20,23). The summed E-state index contributed by atoms with van der Waals surface area (Å²) in [5.74, 6) is 0. The van der Waals surface area contributed by atoms with E-state index in [1.54, 1.807) is 6.20 Å². The van der Waals surface area contributed by atoms with Gasteiger partial charge in [-0.25, -0.2) is 13.3 Å². The molecular formula is C17H17F2N3O. The zero-order valence-electron chi connectivity index (χ0n) is 13.1. The molecular weight excluding hydrogens is 300 g/mol. The first-order valence-electron chi connectivity index (χ1n) is 7.27. The molecule has 0 bridgehead atoms. The average molecular weight is 317 g/mol. The smallest absolute Gasteiger partial charge is 0.282 e. The summed E-state index contributed by atoms with van der Waals surface area (Å²) in [6, 6.07) is 8.89. The Kier molecular flexibility index (Phi) is 3.55. The van der Waals surface area contributed by atoms with Gasteiger partial charge in [-0.3, -0.25) is 4.79 Å². The van der Waals surface area contributed by atoms with Crippen molar-refractivity contribution in [2.45, 2.75) is 32.6 Å². The molecule has 1 N–H and O–H groups in total. The van der Waals surface area contributed by atoms with E-state index in [2.05, 4.69) is 30.9 Å². The minimum atomic E-state index is -2.70. The first-order chi connectivity index (χ1) is 10.8. The van der Waals surface area contributed by atoms with E-state index < -0.39 is 17.7 Å². The summed E-state index contributed by atoms with van der Waals surface area (Å²) < 4.78 is 26.7. The molecule has 0 saturated carbocycles. The zero-order valence-corrected chi connectivity index (χ0v) is 13.1. The van der Waals surface area contributed by atoms with E-state index >= 15 is 0 Å². The maximum atomic E-state index is 12.7. The predicted molar refractivity (Wildman–Crippen MR) is 84.9 cm³/mol. The van der Waals surface area contributed by atoms with Gasteiger partial charge in [0, 0.05) is 0 Å². The molecule has 6 heteroatoms. The lowest BCUT2D eigenvalue weighted by atomic mass is 9.86. The predicted octanol–water partition coefficient (Wildman–Crippen LogP) is 3.92. The highest BCUT2D eigenvalue weighted by Crippen LogP contribution is 2.25. The Morgan fingerprint density at radius 3 is 2.39 bits per heavy atom. The van der Waals surface area contributed by atoms with Gasteiger partial charge in [0.15, 0.2) is 0 Å². The highest BCUT2D eigenvalue weighted by molar-refractivity contribution is 5.61. The Bertz CT molecular complexity index is 902. The summed E-state index contributed by atoms with van der Waals surface area (Å²) in [5.41, 5.74) is 1.79. The molecule has 1 aromatic carbocycles. The van der Waals surface area contributed by atoms with Crippen molar-refractivity contribution in [3.8, 4) is 11.3 Å². The highest BCUT2D eigenvalue weighted by Gasteiger charge is 2.16. The Balaban J connectivity index is 2.08. The first-order valence-corrected chi connectivity index (χ1v) is 7.27. The van der Waals surface area contributed by atoms with Gasteiger partial charge in [0.2, 0.25) is 0 Å². The number of aromatic nitrogens is 3. The first kappa shape index (κ1) is 15.4. The largest absolute Gasteiger partial charge is 0.319 e. The van der Waals surface area contributed by atoms with Crippen LogP contribution < -0.4 is 5.56 Å². The van der Waals surface area contributed by atoms with Crippen LogP contribution in [-0.2, 0) is 5.41 Å². The van der Waals surface area contributed by atoms with Crippen molar-refractivity contribution in [2.24, 2.45) is 0 Å². The number of fused-ring (bicyclic) bond motifs is 1. The van der Waals surface area contributed by atoms with Gasteiger partial charge >= 0.3 is 0 Å². The fourth-order valence-electron chi connectivity index (χ4n) is 2.43. The van der Waals surface area contributed by atoms with Gasteiger partial charge in [-0.15, -0.1) is 0 Å². The monoisotopic (exact) mass is 317 g/mol. The van der Waals surface area contributed by atoms with E-state index in [0.717, 1.165) is 11.6 Å². The van der Waals surface area contributed by atoms with E-state index in [-0.39, 0.29) is 10.9 Å². The topological polar surface area (TPSA) is 50.2 Å². The number of alkyl halides is 2. The summed E-state index contributed by atoms with van der Waals surface area (Å²) in [7, 11) is 0. The van der Waals surface area contributed by atoms with Crippen LogP contribution in [0.1, 0.15) is 38.5 Å². The maximum absolute atomic E-state index is 12.7. The van der Waals surface area contributed by atoms with Gasteiger partial charge in [0.1, 0.15) is 11.2 Å². The summed E-state index contributed by atoms with van der Waals surface area (Å²) in [6.07, 6.45) is -1.15. The average Bonchev–Trinajstić information content (AvgIpc) is 2.91. The van der Waals surface area contributed by atoms with Crippen LogP contribution in [0.3, 0.4) is 0 Å². The van der Waals surface area contributed by atoms with Crippen LogP contribution in [0.5, 0.6) is 0 Å². The Morgan fingerprint density at radius 2 is 1.83 bits per heavy atom. The second-order valence-electron chi connectivity index (χ2n) is 6.52. The van der Waals surface area contributed by atoms with Crippen molar-refractivity contribution >= 4 is 5.52 Å². The molecule has 2 heterocycles. The molecule has 0 amide bonds. The molecule has 0 atom stereocenters. The van der Waals surface area contributed by atoms with E-state index in [1.807, 2.05) is 24.3 Å². The number of halogens is 2. The molecule has 0 fully saturated rings. The quantitative estimate of drug-likeness (QED) is 0.778. The van der Waals surface area contributed by atoms with Gasteiger partial charge in [-0.1, -0.05) is 45.0 Å². The maximum Gasteiger partial charge on any atom is 0.282 e. The number of hydrogen-bond donors (Lipinski definition) is 1. The number of aromatic amines is 1. The van der Waals surface area contributed by atoms with Gasteiger partial charge < -0.3 is 4.98 Å². The SMILES string of the molecule is CC(C)(C)c1ccc(-c2cn3nc(C(F)F)cc3c(=O)[nH]2)cc1. The molecule has 3 aromatic rings. The molecule has 23 heavy (non-hydrogen) atoms. The third-order valence-corrected chi connectivity index (χ3v) is 3.77. The van der Waals surface area contributed by atoms with Gasteiger partial charge in [0.25, 0.3) is 12.0 Å². The Hall–Kier alpha value is -2.50. The van der Waals surface area contributed by atoms with Crippen LogP contribution in [0.4, 0.5) is 8.78 Å². The number of rotatable bonds is 2. The van der Waals surface area contributed by atoms with Gasteiger partial charge in [-0.2, -0.15) is 5.10 Å². The summed E-state index contributed by atoms with van der Waals surface area (Å²) in [6.45, 7) is 6.35. The summed E-state index contributed by atoms with van der Waals surface area (Å²) >= 11 is 0. The minimum Gasteiger partial charge on any atom is -0.319 e. The van der Waals surface area contributed by atoms with Crippen LogP contribution in [0.2, 0.25) is 0 Å². The van der Waals surface area contributed by atoms with Crippen LogP contribution in [0, 0.1) is 0 Å². The van der Waals surface area contributed by atoms with Crippen molar-refractivity contribution in [3.05, 3.63) is 58.1 Å². The molecule has 0 saturated heterocycles. The van der Waals surface area contributed by atoms with Crippen LogP contribution in [0.25, 0.3) is 16.8 Å². The van der Waals surface area contributed by atoms with E-state index in [9.17, 15) is 13.6 Å². The highest BCUT2D eigenvalue weighted by atomic mass is 19.3. The van der Waals surface area contributed by atoms with Crippen LogP contribution >= 0.6 is 0 Å². The van der Waals surface area contributed by atoms with E-state index in [1.165, 1.54) is 10.1 Å². The number of nitrogens with zero attached hydrogens (tertiary/aromatic N) is 2. The fraction of sp³-hybridized carbons (Fsp3) is 0.294. The Morgan fingerprint density at radius 1 is 1.17 bits per heavy atom. The molecule has 2 aromatic heterocycles. The van der Waals surface area contributed by atoms with Gasteiger partial charge in [-0.05, 0) is 22.6 Å². The van der Waals surface area contributed by atoms with Crippen LogP contribution in [0.15, 0.2) is 41.3 Å². The van der Waals surface area contributed by atoms with Crippen molar-refractivity contribution in [1.82, 2.24) is 14.6 Å². The van der Waals surface area contributed by atoms with E-state index in [0.29, 0.717) is 5.69 Å². The van der Waals surface area contributed by atoms with Crippen molar-refractivity contribution in [2.75, 3.05) is 0 Å². The lowest BCUT2D eigenvalue weighted by Gasteiger charge is -2.19. The minimum absolute atomic E-state index is 0.0318. The van der Waals surface area contributed by atoms with E-state index in [4.69, 9.17) is 0 Å². The fourth-order valence-corrected chi connectivity index (χ4v) is 2.43. The molecule has 120 valence electrons. The third kappa shape index (κ3) is 2.88. The normalized spacial score (nSPS) is 12.3. The molecule has 0 aliphatic rings. The lowest BCUT2D eigenvalue weighted by molar-refractivity contribution is 0.145. The third-order valence-electron chi connectivity index (χ3n) is 3.77. The van der Waals surface area contributed by atoms with Crippen LogP contribution in [-0.4, -0.2) is 14.6 Å². The molecule has 0 aliphatic carbocycles. The number of hydrogen-bond acceptors (Lipinski definition) is 2. The molecule has 0 radical (unpaired) electrons. The molecule has 3 rings (SSSR count). The number of nitrogens with one attached hydrogen (secondary N) is 1. The Labute approximate surface area is 131 Å². The van der Waals surface area contributed by atoms with Gasteiger partial charge in [0.05, 0.1) is 11.9 Å². The molecule has 0 unspecified atom stereocenters. The lowest BCUT2D eigenvalue weighted by Crippen LogP contribution is -2.12. The summed E-state index contributed by atoms with van der Waals surface area (Å²) in [5, 5.41) is 3.76. The van der Waals surface area contributed by atoms with Crippen molar-refractivity contribution in [3.63, 3.8) is 0 Å². The molecule has 0 aliphatic heterocycles. The molecule has 4 nitrogen and oxygen atoms in total. The molecule has 0 spiro atoms. The summed E-state index contributed by atoms with van der Waals surface area (Å²) in [4.78, 5) is 14.8. The second kappa shape index (κ2) is 5.30.